The maximum absolute atomic E-state index is 4.99. The zero-order valence-electron chi connectivity index (χ0n) is 12.0. The highest BCUT2D eigenvalue weighted by atomic mass is 15.3. The van der Waals surface area contributed by atoms with E-state index >= 15 is 0 Å². The Hall–Kier alpha value is -2.94. The second-order valence-corrected chi connectivity index (χ2v) is 5.65. The Bertz CT molecular complexity index is 969. The SMILES string of the molecule is C1=CN2C[n+]3ccc4ccccc4c3N=C2c2ccccc21. The molecular formula is C19H14N3+. The van der Waals surface area contributed by atoms with Crippen molar-refractivity contribution in [2.75, 3.05) is 0 Å². The highest BCUT2D eigenvalue weighted by molar-refractivity contribution is 6.06. The van der Waals surface area contributed by atoms with Crippen molar-refractivity contribution < 1.29 is 4.57 Å². The number of fused-ring (bicyclic) bond motifs is 6. The van der Waals surface area contributed by atoms with Crippen molar-refractivity contribution in [1.29, 1.82) is 0 Å². The molecule has 0 atom stereocenters. The van der Waals surface area contributed by atoms with Gasteiger partial charge in [-0.2, -0.15) is 0 Å². The van der Waals surface area contributed by atoms with E-state index in [9.17, 15) is 0 Å². The van der Waals surface area contributed by atoms with Crippen LogP contribution in [0.25, 0.3) is 16.8 Å². The van der Waals surface area contributed by atoms with Crippen LogP contribution < -0.4 is 4.57 Å². The molecule has 3 heteroatoms. The van der Waals surface area contributed by atoms with Crippen LogP contribution in [-0.4, -0.2) is 10.7 Å². The summed E-state index contributed by atoms with van der Waals surface area (Å²) in [6, 6.07) is 19.0. The molecule has 5 rings (SSSR count). The summed E-state index contributed by atoms with van der Waals surface area (Å²) in [5, 5.41) is 2.43. The second kappa shape index (κ2) is 4.28. The van der Waals surface area contributed by atoms with Gasteiger partial charge in [0.2, 0.25) is 0 Å². The standard InChI is InChI=1S/C19H14N3/c1-3-7-16-14(5-1)9-11-21-13-22-12-10-15-6-2-4-8-17(15)19(22)20-18(16)21/h1-12H,13H2/q+1. The van der Waals surface area contributed by atoms with Crippen LogP contribution in [0.2, 0.25) is 0 Å². The van der Waals surface area contributed by atoms with Crippen molar-refractivity contribution in [3.05, 3.63) is 78.1 Å². The molecule has 0 saturated carbocycles. The van der Waals surface area contributed by atoms with Gasteiger partial charge in [-0.05, 0) is 40.2 Å². The van der Waals surface area contributed by atoms with Crippen LogP contribution in [0.4, 0.5) is 5.82 Å². The lowest BCUT2D eigenvalue weighted by molar-refractivity contribution is -0.699. The first-order valence-electron chi connectivity index (χ1n) is 7.44. The molecule has 0 radical (unpaired) electrons. The lowest BCUT2D eigenvalue weighted by Crippen LogP contribution is -2.48. The first-order chi connectivity index (χ1) is 10.9. The van der Waals surface area contributed by atoms with Gasteiger partial charge >= 0.3 is 5.82 Å². The summed E-state index contributed by atoms with van der Waals surface area (Å²) in [7, 11) is 0. The quantitative estimate of drug-likeness (QED) is 0.579. The van der Waals surface area contributed by atoms with E-state index < -0.39 is 0 Å². The summed E-state index contributed by atoms with van der Waals surface area (Å²) < 4.78 is 2.20. The lowest BCUT2D eigenvalue weighted by Gasteiger charge is -2.26. The van der Waals surface area contributed by atoms with Crippen LogP contribution in [0.1, 0.15) is 11.1 Å². The largest absolute Gasteiger partial charge is 0.335 e. The topological polar surface area (TPSA) is 19.5 Å². The fourth-order valence-electron chi connectivity index (χ4n) is 3.22. The second-order valence-electron chi connectivity index (χ2n) is 5.65. The van der Waals surface area contributed by atoms with Gasteiger partial charge in [0, 0.05) is 6.20 Å². The van der Waals surface area contributed by atoms with Crippen molar-refractivity contribution in [3.8, 4) is 0 Å². The van der Waals surface area contributed by atoms with Crippen LogP contribution in [0.5, 0.6) is 0 Å². The number of amidine groups is 1. The van der Waals surface area contributed by atoms with Crippen LogP contribution in [0.3, 0.4) is 0 Å². The van der Waals surface area contributed by atoms with E-state index in [1.807, 2.05) is 0 Å². The van der Waals surface area contributed by atoms with Gasteiger partial charge < -0.3 is 0 Å². The van der Waals surface area contributed by atoms with Crippen molar-refractivity contribution in [2.45, 2.75) is 6.67 Å². The highest BCUT2D eigenvalue weighted by Gasteiger charge is 2.31. The van der Waals surface area contributed by atoms with Gasteiger partial charge in [-0.3, -0.25) is 4.90 Å². The van der Waals surface area contributed by atoms with Gasteiger partial charge in [0.05, 0.1) is 17.1 Å². The fraction of sp³-hybridized carbons (Fsp3) is 0.0526. The Morgan fingerprint density at radius 3 is 2.82 bits per heavy atom. The third-order valence-electron chi connectivity index (χ3n) is 4.33. The monoisotopic (exact) mass is 284 g/mol. The zero-order valence-corrected chi connectivity index (χ0v) is 12.0. The summed E-state index contributed by atoms with van der Waals surface area (Å²) in [6.07, 6.45) is 6.39. The number of aliphatic imine (C=N–C) groups is 1. The molecule has 3 heterocycles. The van der Waals surface area contributed by atoms with Crippen molar-refractivity contribution in [1.82, 2.24) is 4.90 Å². The Kier molecular flexibility index (Phi) is 2.27. The smallest absolute Gasteiger partial charge is 0.274 e. The van der Waals surface area contributed by atoms with Crippen molar-refractivity contribution in [2.24, 2.45) is 4.99 Å². The number of hydrogen-bond donors (Lipinski definition) is 0. The number of pyridine rings is 1. The Morgan fingerprint density at radius 1 is 0.955 bits per heavy atom. The first kappa shape index (κ1) is 11.7. The van der Waals surface area contributed by atoms with Crippen LogP contribution in [0, 0.1) is 0 Å². The summed E-state index contributed by atoms with van der Waals surface area (Å²) in [5.41, 5.74) is 2.43. The predicted octanol–water partition coefficient (Wildman–Crippen LogP) is 3.46. The predicted molar refractivity (Wildman–Crippen MR) is 87.7 cm³/mol. The summed E-state index contributed by atoms with van der Waals surface area (Å²) in [5.74, 6) is 2.07. The Labute approximate surface area is 128 Å². The van der Waals surface area contributed by atoms with Gasteiger partial charge in [0.1, 0.15) is 0 Å². The number of hydrogen-bond acceptors (Lipinski definition) is 2. The van der Waals surface area contributed by atoms with E-state index in [4.69, 9.17) is 4.99 Å². The molecule has 0 spiro atoms. The molecule has 104 valence electrons. The molecular weight excluding hydrogens is 270 g/mol. The van der Waals surface area contributed by atoms with Crippen LogP contribution in [0.15, 0.2) is 72.0 Å². The first-order valence-corrected chi connectivity index (χ1v) is 7.44. The van der Waals surface area contributed by atoms with Gasteiger partial charge in [-0.25, -0.2) is 4.57 Å². The van der Waals surface area contributed by atoms with Gasteiger partial charge in [0.15, 0.2) is 6.67 Å². The number of benzene rings is 2. The third kappa shape index (κ3) is 1.56. The molecule has 22 heavy (non-hydrogen) atoms. The lowest BCUT2D eigenvalue weighted by atomic mass is 10.0. The molecule has 0 unspecified atom stereocenters. The molecule has 0 amide bonds. The minimum atomic E-state index is 0.795. The summed E-state index contributed by atoms with van der Waals surface area (Å²) >= 11 is 0. The van der Waals surface area contributed by atoms with Crippen LogP contribution in [-0.2, 0) is 6.67 Å². The number of aromatic nitrogens is 1. The molecule has 3 nitrogen and oxygen atoms in total. The number of nitrogens with zero attached hydrogens (tertiary/aromatic N) is 3. The highest BCUT2D eigenvalue weighted by Crippen LogP contribution is 2.29. The molecule has 0 bridgehead atoms. The van der Waals surface area contributed by atoms with Gasteiger partial charge in [0.25, 0.3) is 5.84 Å². The zero-order chi connectivity index (χ0) is 14.5. The molecule has 2 aliphatic heterocycles. The average Bonchev–Trinajstić information content (AvgIpc) is 2.60. The molecule has 2 aromatic carbocycles. The molecule has 0 fully saturated rings. The van der Waals surface area contributed by atoms with Gasteiger partial charge in [-0.15, -0.1) is 0 Å². The fourth-order valence-corrected chi connectivity index (χ4v) is 3.22. The molecule has 3 aromatic rings. The maximum atomic E-state index is 4.99. The molecule has 0 saturated heterocycles. The Morgan fingerprint density at radius 2 is 1.82 bits per heavy atom. The third-order valence-corrected chi connectivity index (χ3v) is 4.33. The van der Waals surface area contributed by atoms with Crippen molar-refractivity contribution in [3.63, 3.8) is 0 Å². The van der Waals surface area contributed by atoms with Crippen molar-refractivity contribution >= 4 is 28.5 Å². The van der Waals surface area contributed by atoms with E-state index in [1.165, 1.54) is 21.9 Å². The summed E-state index contributed by atoms with van der Waals surface area (Å²) in [4.78, 5) is 7.19. The minimum absolute atomic E-state index is 0.795. The normalized spacial score (nSPS) is 15.1. The molecule has 2 aliphatic rings. The minimum Gasteiger partial charge on any atom is -0.274 e. The van der Waals surface area contributed by atoms with E-state index in [0.29, 0.717) is 0 Å². The molecule has 0 N–H and O–H groups in total. The molecule has 1 aromatic heterocycles. The average molecular weight is 284 g/mol. The maximum Gasteiger partial charge on any atom is 0.335 e. The van der Waals surface area contributed by atoms with E-state index in [2.05, 4.69) is 82.5 Å². The van der Waals surface area contributed by atoms with Gasteiger partial charge in [-0.1, -0.05) is 36.4 Å². The number of rotatable bonds is 0. The molecule has 0 aliphatic carbocycles. The van der Waals surface area contributed by atoms with E-state index in [-0.39, 0.29) is 0 Å². The summed E-state index contributed by atoms with van der Waals surface area (Å²) in [6.45, 7) is 0.795. The van der Waals surface area contributed by atoms with Crippen LogP contribution >= 0.6 is 0 Å². The van der Waals surface area contributed by atoms with E-state index in [1.54, 1.807) is 0 Å². The van der Waals surface area contributed by atoms with E-state index in [0.717, 1.165) is 18.3 Å². The Balaban J connectivity index is 1.81.